The van der Waals surface area contributed by atoms with Gasteiger partial charge in [0.15, 0.2) is 12.4 Å². The number of carbonyl (C=O) groups excluding carboxylic acids is 2. The van der Waals surface area contributed by atoms with Crippen LogP contribution < -0.4 is 9.64 Å². The number of amides is 1. The van der Waals surface area contributed by atoms with Crippen LogP contribution in [0, 0.1) is 5.82 Å². The van der Waals surface area contributed by atoms with Crippen molar-refractivity contribution >= 4 is 17.4 Å². The van der Waals surface area contributed by atoms with Crippen molar-refractivity contribution in [2.45, 2.75) is 12.8 Å². The van der Waals surface area contributed by atoms with Crippen LogP contribution in [0.2, 0.25) is 0 Å². The molecule has 0 aliphatic carbocycles. The first-order chi connectivity index (χ1) is 11.1. The second kappa shape index (κ2) is 6.60. The summed E-state index contributed by atoms with van der Waals surface area (Å²) in [5.41, 5.74) is 1.30. The standard InChI is InChI=1S/C18H16FNO3/c19-14-3-1-4-16(11-14)23-12-17(21)13-6-8-15(9-7-13)20-10-2-5-18(20)22/h1,3-4,6-9,11H,2,5,10,12H2. The van der Waals surface area contributed by atoms with E-state index in [0.717, 1.165) is 18.7 Å². The van der Waals surface area contributed by atoms with Crippen molar-refractivity contribution in [3.8, 4) is 5.75 Å². The maximum atomic E-state index is 13.0. The van der Waals surface area contributed by atoms with E-state index in [1.165, 1.54) is 18.2 Å². The zero-order valence-electron chi connectivity index (χ0n) is 12.5. The number of benzene rings is 2. The number of anilines is 1. The summed E-state index contributed by atoms with van der Waals surface area (Å²) in [5, 5.41) is 0. The molecule has 1 aliphatic heterocycles. The Bertz CT molecular complexity index is 727. The van der Waals surface area contributed by atoms with E-state index in [1.54, 1.807) is 35.2 Å². The predicted molar refractivity (Wildman–Crippen MR) is 84.3 cm³/mol. The number of ketones is 1. The number of hydrogen-bond donors (Lipinski definition) is 0. The molecule has 0 N–H and O–H groups in total. The molecule has 23 heavy (non-hydrogen) atoms. The molecule has 2 aromatic carbocycles. The van der Waals surface area contributed by atoms with E-state index in [9.17, 15) is 14.0 Å². The third-order valence-electron chi connectivity index (χ3n) is 3.74. The molecule has 1 aliphatic rings. The number of ether oxygens (including phenoxy) is 1. The van der Waals surface area contributed by atoms with Gasteiger partial charge in [0.05, 0.1) is 0 Å². The van der Waals surface area contributed by atoms with Crippen molar-refractivity contribution in [3.05, 3.63) is 59.9 Å². The zero-order valence-corrected chi connectivity index (χ0v) is 12.5. The fourth-order valence-electron chi connectivity index (χ4n) is 2.54. The molecule has 0 spiro atoms. The molecule has 1 saturated heterocycles. The molecule has 1 fully saturated rings. The third-order valence-corrected chi connectivity index (χ3v) is 3.74. The van der Waals surface area contributed by atoms with Gasteiger partial charge in [-0.25, -0.2) is 4.39 Å². The number of hydrogen-bond acceptors (Lipinski definition) is 3. The number of halogens is 1. The van der Waals surface area contributed by atoms with Gasteiger partial charge in [-0.2, -0.15) is 0 Å². The first-order valence-corrected chi connectivity index (χ1v) is 7.45. The Morgan fingerprint density at radius 1 is 1.17 bits per heavy atom. The molecule has 2 aromatic rings. The van der Waals surface area contributed by atoms with E-state index in [0.29, 0.717) is 17.7 Å². The molecule has 0 saturated carbocycles. The summed E-state index contributed by atoms with van der Waals surface area (Å²) in [7, 11) is 0. The van der Waals surface area contributed by atoms with E-state index in [4.69, 9.17) is 4.74 Å². The highest BCUT2D eigenvalue weighted by Gasteiger charge is 2.21. The molecule has 5 heteroatoms. The normalized spacial score (nSPS) is 14.1. The lowest BCUT2D eigenvalue weighted by Crippen LogP contribution is -2.23. The largest absolute Gasteiger partial charge is 0.485 e. The summed E-state index contributed by atoms with van der Waals surface area (Å²) in [6.45, 7) is 0.556. The Hall–Kier alpha value is -2.69. The maximum Gasteiger partial charge on any atom is 0.227 e. The monoisotopic (exact) mass is 313 g/mol. The Kier molecular flexibility index (Phi) is 4.37. The molecule has 0 atom stereocenters. The topological polar surface area (TPSA) is 46.6 Å². The van der Waals surface area contributed by atoms with E-state index in [1.807, 2.05) is 0 Å². The van der Waals surface area contributed by atoms with Crippen LogP contribution in [0.15, 0.2) is 48.5 Å². The molecule has 4 nitrogen and oxygen atoms in total. The quantitative estimate of drug-likeness (QED) is 0.796. The fourth-order valence-corrected chi connectivity index (χ4v) is 2.54. The minimum absolute atomic E-state index is 0.110. The third kappa shape index (κ3) is 3.56. The highest BCUT2D eigenvalue weighted by Crippen LogP contribution is 2.22. The van der Waals surface area contributed by atoms with Gasteiger partial charge in [0.1, 0.15) is 11.6 Å². The molecule has 1 heterocycles. The Morgan fingerprint density at radius 3 is 2.61 bits per heavy atom. The second-order valence-electron chi connectivity index (χ2n) is 5.37. The predicted octanol–water partition coefficient (Wildman–Crippen LogP) is 3.21. The van der Waals surface area contributed by atoms with Gasteiger partial charge in [-0.3, -0.25) is 9.59 Å². The van der Waals surface area contributed by atoms with Crippen LogP contribution in [-0.2, 0) is 4.79 Å². The summed E-state index contributed by atoms with van der Waals surface area (Å²) >= 11 is 0. The van der Waals surface area contributed by atoms with Crippen LogP contribution in [-0.4, -0.2) is 24.8 Å². The lowest BCUT2D eigenvalue weighted by molar-refractivity contribution is -0.117. The van der Waals surface area contributed by atoms with Gasteiger partial charge >= 0.3 is 0 Å². The number of rotatable bonds is 5. The van der Waals surface area contributed by atoms with Crippen molar-refractivity contribution in [1.29, 1.82) is 0 Å². The van der Waals surface area contributed by atoms with Gasteiger partial charge in [-0.05, 0) is 42.8 Å². The summed E-state index contributed by atoms with van der Waals surface area (Å²) in [5.74, 6) is -0.181. The molecule has 0 bridgehead atoms. The highest BCUT2D eigenvalue weighted by molar-refractivity contribution is 5.99. The van der Waals surface area contributed by atoms with Crippen molar-refractivity contribution in [2.75, 3.05) is 18.1 Å². The van der Waals surface area contributed by atoms with Crippen molar-refractivity contribution in [2.24, 2.45) is 0 Å². The fraction of sp³-hybridized carbons (Fsp3) is 0.222. The van der Waals surface area contributed by atoms with Crippen LogP contribution in [0.4, 0.5) is 10.1 Å². The van der Waals surface area contributed by atoms with Crippen molar-refractivity contribution < 1.29 is 18.7 Å². The minimum atomic E-state index is -0.408. The van der Waals surface area contributed by atoms with Gasteiger partial charge in [-0.15, -0.1) is 0 Å². The molecule has 118 valence electrons. The van der Waals surface area contributed by atoms with Gasteiger partial charge < -0.3 is 9.64 Å². The van der Waals surface area contributed by atoms with E-state index >= 15 is 0 Å². The first-order valence-electron chi connectivity index (χ1n) is 7.45. The van der Waals surface area contributed by atoms with Crippen LogP contribution in [0.1, 0.15) is 23.2 Å². The minimum Gasteiger partial charge on any atom is -0.485 e. The average molecular weight is 313 g/mol. The van der Waals surface area contributed by atoms with E-state index in [-0.39, 0.29) is 18.3 Å². The number of nitrogens with zero attached hydrogens (tertiary/aromatic N) is 1. The lowest BCUT2D eigenvalue weighted by atomic mass is 10.1. The van der Waals surface area contributed by atoms with Gasteiger partial charge in [0, 0.05) is 30.3 Å². The van der Waals surface area contributed by atoms with Crippen LogP contribution >= 0.6 is 0 Å². The molecule has 3 rings (SSSR count). The molecule has 0 unspecified atom stereocenters. The first kappa shape index (κ1) is 15.2. The smallest absolute Gasteiger partial charge is 0.227 e. The Balaban J connectivity index is 1.62. The highest BCUT2D eigenvalue weighted by atomic mass is 19.1. The Morgan fingerprint density at radius 2 is 1.96 bits per heavy atom. The van der Waals surface area contributed by atoms with Crippen LogP contribution in [0.3, 0.4) is 0 Å². The van der Waals surface area contributed by atoms with Crippen molar-refractivity contribution in [3.63, 3.8) is 0 Å². The second-order valence-corrected chi connectivity index (χ2v) is 5.37. The zero-order chi connectivity index (χ0) is 16.2. The molecular formula is C18H16FNO3. The molecular weight excluding hydrogens is 297 g/mol. The maximum absolute atomic E-state index is 13.0. The van der Waals surface area contributed by atoms with Crippen LogP contribution in [0.25, 0.3) is 0 Å². The summed E-state index contributed by atoms with van der Waals surface area (Å²) in [4.78, 5) is 25.5. The number of carbonyl (C=O) groups is 2. The van der Waals surface area contributed by atoms with E-state index < -0.39 is 5.82 Å². The lowest BCUT2D eigenvalue weighted by Gasteiger charge is -2.15. The molecule has 1 amide bonds. The van der Waals surface area contributed by atoms with Crippen molar-refractivity contribution in [1.82, 2.24) is 0 Å². The molecule has 0 aromatic heterocycles. The van der Waals surface area contributed by atoms with Gasteiger partial charge in [-0.1, -0.05) is 6.07 Å². The SMILES string of the molecule is O=C(COc1cccc(F)c1)c1ccc(N2CCCC2=O)cc1. The van der Waals surface area contributed by atoms with E-state index in [2.05, 4.69) is 0 Å². The average Bonchev–Trinajstić information content (AvgIpc) is 2.99. The molecule has 0 radical (unpaired) electrons. The summed E-state index contributed by atoms with van der Waals surface area (Å²) < 4.78 is 18.3. The van der Waals surface area contributed by atoms with Crippen LogP contribution in [0.5, 0.6) is 5.75 Å². The van der Waals surface area contributed by atoms with Gasteiger partial charge in [0.25, 0.3) is 0 Å². The Labute approximate surface area is 133 Å². The number of Topliss-reactive ketones (excluding diaryl/α,β-unsaturated/α-hetero) is 1. The summed E-state index contributed by atoms with van der Waals surface area (Å²) in [6, 6.07) is 12.5. The summed E-state index contributed by atoms with van der Waals surface area (Å²) in [6.07, 6.45) is 1.43. The van der Waals surface area contributed by atoms with Gasteiger partial charge in [0.2, 0.25) is 5.91 Å².